The second-order valence-corrected chi connectivity index (χ2v) is 12.6. The van der Waals surface area contributed by atoms with E-state index in [9.17, 15) is 26.3 Å². The van der Waals surface area contributed by atoms with Gasteiger partial charge in [-0.15, -0.1) is 10.2 Å². The summed E-state index contributed by atoms with van der Waals surface area (Å²) in [6.45, 7) is 1.43. The molecule has 4 atom stereocenters. The van der Waals surface area contributed by atoms with E-state index in [1.807, 2.05) is 79.7 Å². The number of rotatable bonds is 10. The van der Waals surface area contributed by atoms with Crippen LogP contribution in [-0.4, -0.2) is 62.8 Å². The van der Waals surface area contributed by atoms with Crippen molar-refractivity contribution >= 4 is 0 Å². The van der Waals surface area contributed by atoms with E-state index in [1.54, 1.807) is 4.80 Å². The van der Waals surface area contributed by atoms with Crippen molar-refractivity contribution in [2.75, 3.05) is 20.6 Å². The molecule has 0 saturated carbocycles. The molecule has 7 nitrogen and oxygen atoms in total. The summed E-state index contributed by atoms with van der Waals surface area (Å²) in [5, 5.41) is 13.5. The quantitative estimate of drug-likeness (QED) is 0.173. The summed E-state index contributed by atoms with van der Waals surface area (Å²) in [7, 11) is 3.93. The molecule has 4 unspecified atom stereocenters. The fraction of sp³-hybridized carbons (Fsp3) is 0.441. The van der Waals surface area contributed by atoms with Crippen LogP contribution in [0.2, 0.25) is 0 Å². The first kappa shape index (κ1) is 33.1. The Morgan fingerprint density at radius 1 is 0.851 bits per heavy atom. The number of hydrogen-bond acceptors (Lipinski definition) is 6. The molecule has 3 aromatic carbocycles. The van der Waals surface area contributed by atoms with E-state index in [1.165, 1.54) is 0 Å². The van der Waals surface area contributed by atoms with E-state index in [4.69, 9.17) is 9.84 Å². The van der Waals surface area contributed by atoms with Crippen molar-refractivity contribution in [2.24, 2.45) is 0 Å². The summed E-state index contributed by atoms with van der Waals surface area (Å²) in [6, 6.07) is 21.3. The Morgan fingerprint density at radius 3 is 2.11 bits per heavy atom. The molecule has 2 bridgehead atoms. The molecule has 3 heterocycles. The van der Waals surface area contributed by atoms with Crippen molar-refractivity contribution < 1.29 is 31.1 Å². The molecule has 1 aromatic heterocycles. The van der Waals surface area contributed by atoms with Crippen molar-refractivity contribution in [3.8, 4) is 0 Å². The Kier molecular flexibility index (Phi) is 9.16. The average molecular weight is 659 g/mol. The predicted molar refractivity (Wildman–Crippen MR) is 162 cm³/mol. The van der Waals surface area contributed by atoms with Crippen LogP contribution in [0.3, 0.4) is 0 Å². The number of halogens is 6. The smallest absolute Gasteiger partial charge is 0.371 e. The Hall–Kier alpha value is -3.81. The largest absolute Gasteiger partial charge is 0.416 e. The number of benzene rings is 3. The molecule has 0 aliphatic carbocycles. The van der Waals surface area contributed by atoms with Gasteiger partial charge in [-0.25, -0.2) is 0 Å². The second kappa shape index (κ2) is 13.0. The van der Waals surface area contributed by atoms with Gasteiger partial charge in [-0.2, -0.15) is 31.1 Å². The van der Waals surface area contributed by atoms with Gasteiger partial charge in [0.1, 0.15) is 0 Å². The minimum Gasteiger partial charge on any atom is -0.371 e. The van der Waals surface area contributed by atoms with Gasteiger partial charge in [0.05, 0.1) is 35.9 Å². The number of likely N-dealkylation sites (N-methyl/N-ethyl adjacent to an activating group) is 1. The molecular formula is C34H36F6N6O. The molecule has 250 valence electrons. The number of nitrogens with zero attached hydrogens (tertiary/aromatic N) is 6. The lowest BCUT2D eigenvalue weighted by Crippen LogP contribution is -2.56. The van der Waals surface area contributed by atoms with Crippen LogP contribution in [0, 0.1) is 0 Å². The number of fused-ring (bicyclic) bond motifs is 2. The van der Waals surface area contributed by atoms with Crippen LogP contribution in [0.15, 0.2) is 78.9 Å². The van der Waals surface area contributed by atoms with Crippen molar-refractivity contribution in [3.63, 3.8) is 0 Å². The minimum atomic E-state index is -4.94. The van der Waals surface area contributed by atoms with Gasteiger partial charge in [0.15, 0.2) is 5.82 Å². The van der Waals surface area contributed by atoms with Gasteiger partial charge in [-0.1, -0.05) is 60.7 Å². The van der Waals surface area contributed by atoms with Gasteiger partial charge >= 0.3 is 12.4 Å². The molecule has 0 spiro atoms. The number of tetrazole rings is 1. The number of hydrogen-bond donors (Lipinski definition) is 0. The molecule has 2 aliphatic heterocycles. The van der Waals surface area contributed by atoms with Gasteiger partial charge in [0.25, 0.3) is 0 Å². The highest BCUT2D eigenvalue weighted by Gasteiger charge is 2.61. The van der Waals surface area contributed by atoms with Gasteiger partial charge in [0.2, 0.25) is 0 Å². The first-order valence-electron chi connectivity index (χ1n) is 15.5. The molecule has 2 saturated heterocycles. The highest BCUT2D eigenvalue weighted by atomic mass is 19.4. The Labute approximate surface area is 269 Å². The maximum absolute atomic E-state index is 13.7. The van der Waals surface area contributed by atoms with Crippen LogP contribution in [0.25, 0.3) is 0 Å². The Balaban J connectivity index is 1.39. The highest BCUT2D eigenvalue weighted by Crippen LogP contribution is 2.57. The normalized spacial score (nSPS) is 23.5. The molecule has 13 heteroatoms. The summed E-state index contributed by atoms with van der Waals surface area (Å²) in [4.78, 5) is 6.00. The summed E-state index contributed by atoms with van der Waals surface area (Å²) in [5.74, 6) is 0.476. The van der Waals surface area contributed by atoms with Gasteiger partial charge in [0, 0.05) is 25.0 Å². The third kappa shape index (κ3) is 6.93. The Morgan fingerprint density at radius 2 is 1.49 bits per heavy atom. The first-order valence-corrected chi connectivity index (χ1v) is 15.5. The number of piperidine rings is 1. The van der Waals surface area contributed by atoms with Gasteiger partial charge in [-0.3, -0.25) is 4.90 Å². The first-order chi connectivity index (χ1) is 22.3. The molecule has 6 rings (SSSR count). The second-order valence-electron chi connectivity index (χ2n) is 12.6. The average Bonchev–Trinajstić information content (AvgIpc) is 3.58. The predicted octanol–water partition coefficient (Wildman–Crippen LogP) is 6.91. The van der Waals surface area contributed by atoms with Crippen molar-refractivity contribution in [1.82, 2.24) is 30.0 Å². The van der Waals surface area contributed by atoms with Crippen LogP contribution in [0.1, 0.15) is 58.8 Å². The van der Waals surface area contributed by atoms with Gasteiger partial charge < -0.3 is 9.64 Å². The molecule has 47 heavy (non-hydrogen) atoms. The third-order valence-corrected chi connectivity index (χ3v) is 9.28. The fourth-order valence-corrected chi connectivity index (χ4v) is 7.14. The van der Waals surface area contributed by atoms with E-state index in [2.05, 4.69) is 15.2 Å². The molecule has 0 amide bonds. The minimum absolute atomic E-state index is 0.00727. The maximum Gasteiger partial charge on any atom is 0.416 e. The topological polar surface area (TPSA) is 59.3 Å². The third-order valence-electron chi connectivity index (χ3n) is 9.28. The van der Waals surface area contributed by atoms with Crippen LogP contribution in [0.4, 0.5) is 26.3 Å². The zero-order chi connectivity index (χ0) is 33.4. The number of aromatic nitrogens is 4. The zero-order valence-electron chi connectivity index (χ0n) is 26.0. The summed E-state index contributed by atoms with van der Waals surface area (Å²) in [5.41, 5.74) is -1.66. The molecule has 0 N–H and O–H groups in total. The summed E-state index contributed by atoms with van der Waals surface area (Å²) >= 11 is 0. The maximum atomic E-state index is 13.7. The highest BCUT2D eigenvalue weighted by molar-refractivity contribution is 5.35. The van der Waals surface area contributed by atoms with Crippen LogP contribution >= 0.6 is 0 Å². The van der Waals surface area contributed by atoms with Crippen molar-refractivity contribution in [1.29, 1.82) is 0 Å². The van der Waals surface area contributed by atoms with Crippen LogP contribution in [-0.2, 0) is 42.3 Å². The summed E-state index contributed by atoms with van der Waals surface area (Å²) < 4.78 is 88.4. The lowest BCUT2D eigenvalue weighted by atomic mass is 9.78. The van der Waals surface area contributed by atoms with E-state index >= 15 is 0 Å². The molecule has 4 aromatic rings. The molecular weight excluding hydrogens is 622 g/mol. The molecule has 2 aliphatic rings. The van der Waals surface area contributed by atoms with Gasteiger partial charge in [-0.05, 0) is 73.5 Å². The number of ether oxygens (including phenoxy) is 1. The van der Waals surface area contributed by atoms with E-state index in [-0.39, 0.29) is 23.6 Å². The van der Waals surface area contributed by atoms with Crippen molar-refractivity contribution in [2.45, 2.75) is 74.9 Å². The fourth-order valence-electron chi connectivity index (χ4n) is 7.14. The zero-order valence-corrected chi connectivity index (χ0v) is 26.0. The number of alkyl halides is 6. The standard InChI is InChI=1S/C34H36F6N6O/c1-44(2)15-16-46-42-31(41-43-46)28-20-32(25-11-7-4-8-12-25)30(14-13-29(28)45(32)21-23-9-5-3-6-10-23)47-22-24-17-26(33(35,36)37)19-27(18-24)34(38,39)40/h3-12,17-19,28-30H,13-16,20-22H2,1-2H3. The van der Waals surface area contributed by atoms with Crippen molar-refractivity contribution in [3.05, 3.63) is 113 Å². The lowest BCUT2D eigenvalue weighted by Gasteiger charge is -2.50. The summed E-state index contributed by atoms with van der Waals surface area (Å²) in [6.07, 6.45) is -8.69. The van der Waals surface area contributed by atoms with E-state index < -0.39 is 41.7 Å². The molecule has 2 fully saturated rings. The Bertz CT molecular complexity index is 1610. The van der Waals surface area contributed by atoms with E-state index in [0.29, 0.717) is 38.2 Å². The van der Waals surface area contributed by atoms with Crippen LogP contribution < -0.4 is 0 Å². The molecule has 0 radical (unpaired) electrons. The SMILES string of the molecule is CN(C)CCn1nnc(C2CC3(c4ccccc4)C(OCc4cc(C(F)(F)F)cc(C(F)(F)F)c4)CCC2N3Cc2ccccc2)n1. The monoisotopic (exact) mass is 658 g/mol. The van der Waals surface area contributed by atoms with Crippen LogP contribution in [0.5, 0.6) is 0 Å². The van der Waals surface area contributed by atoms with E-state index in [0.717, 1.165) is 29.8 Å². The lowest BCUT2D eigenvalue weighted by molar-refractivity contribution is -0.143.